The number of carboxylic acid groups (broad SMARTS) is 1. The fourth-order valence-corrected chi connectivity index (χ4v) is 1.07. The smallest absolute Gasteiger partial charge is 0.338 e. The molecule has 2 aromatic heterocycles. The van der Waals surface area contributed by atoms with Crippen molar-refractivity contribution < 1.29 is 14.8 Å². The van der Waals surface area contributed by atoms with Gasteiger partial charge in [-0.3, -0.25) is 10.1 Å². The Morgan fingerprint density at radius 2 is 2.00 bits per heavy atom. The molecule has 0 aromatic carbocycles. The highest BCUT2D eigenvalue weighted by molar-refractivity contribution is 5.86. The van der Waals surface area contributed by atoms with Crippen LogP contribution in [0.5, 0.6) is 0 Å². The molecule has 2 rings (SSSR count). The molecule has 17 heavy (non-hydrogen) atoms. The minimum absolute atomic E-state index is 0.0213. The summed E-state index contributed by atoms with van der Waals surface area (Å²) in [4.78, 5) is 27.7. The van der Waals surface area contributed by atoms with Gasteiger partial charge in [0.15, 0.2) is 0 Å². The number of carbonyl (C=O) groups is 1. The molecule has 0 saturated carbocycles. The van der Waals surface area contributed by atoms with Crippen molar-refractivity contribution in [1.29, 1.82) is 0 Å². The Kier molecular flexibility index (Phi) is 2.49. The minimum atomic E-state index is -1.13. The molecule has 0 saturated heterocycles. The maximum Gasteiger partial charge on any atom is 0.338 e. The Labute approximate surface area is 93.5 Å². The minimum Gasteiger partial charge on any atom is -0.478 e. The molecule has 2 aromatic rings. The SMILES string of the molecule is O=C(O)c1cnn(-c2ncc([N+](=O)[O-])cn2)c1. The van der Waals surface area contributed by atoms with Crippen LogP contribution in [0.25, 0.3) is 5.95 Å². The maximum atomic E-state index is 10.6. The Hall–Kier alpha value is -2.84. The largest absolute Gasteiger partial charge is 0.478 e. The van der Waals surface area contributed by atoms with Crippen molar-refractivity contribution in [3.05, 3.63) is 40.5 Å². The van der Waals surface area contributed by atoms with Crippen molar-refractivity contribution in [2.45, 2.75) is 0 Å². The van der Waals surface area contributed by atoms with Crippen molar-refractivity contribution in [3.8, 4) is 5.95 Å². The molecule has 0 amide bonds. The highest BCUT2D eigenvalue weighted by Gasteiger charge is 2.11. The fraction of sp³-hybridized carbons (Fsp3) is 0. The fourth-order valence-electron chi connectivity index (χ4n) is 1.07. The number of rotatable bonds is 3. The van der Waals surface area contributed by atoms with Crippen molar-refractivity contribution in [3.63, 3.8) is 0 Å². The monoisotopic (exact) mass is 235 g/mol. The molecule has 9 nitrogen and oxygen atoms in total. The number of aromatic carboxylic acids is 1. The molecule has 0 fully saturated rings. The van der Waals surface area contributed by atoms with Gasteiger partial charge in [0.2, 0.25) is 0 Å². The summed E-state index contributed by atoms with van der Waals surface area (Å²) < 4.78 is 1.12. The molecule has 0 aliphatic heterocycles. The lowest BCUT2D eigenvalue weighted by Crippen LogP contribution is -2.02. The molecule has 86 valence electrons. The van der Waals surface area contributed by atoms with Gasteiger partial charge in [-0.05, 0) is 0 Å². The molecule has 0 unspecified atom stereocenters. The number of hydrogen-bond acceptors (Lipinski definition) is 6. The van der Waals surface area contributed by atoms with Gasteiger partial charge in [-0.1, -0.05) is 0 Å². The lowest BCUT2D eigenvalue weighted by Gasteiger charge is -1.96. The summed E-state index contributed by atoms with van der Waals surface area (Å²) in [6.45, 7) is 0. The van der Waals surface area contributed by atoms with E-state index in [1.54, 1.807) is 0 Å². The molecule has 0 aliphatic rings. The van der Waals surface area contributed by atoms with Gasteiger partial charge in [0.1, 0.15) is 12.4 Å². The van der Waals surface area contributed by atoms with Crippen LogP contribution in [0.4, 0.5) is 5.69 Å². The first-order valence-corrected chi connectivity index (χ1v) is 4.32. The Morgan fingerprint density at radius 1 is 1.35 bits per heavy atom. The van der Waals surface area contributed by atoms with Crippen LogP contribution in [0, 0.1) is 10.1 Å². The van der Waals surface area contributed by atoms with Gasteiger partial charge in [0.05, 0.1) is 16.7 Å². The number of hydrogen-bond donors (Lipinski definition) is 1. The third-order valence-electron chi connectivity index (χ3n) is 1.87. The lowest BCUT2D eigenvalue weighted by atomic mass is 10.4. The Morgan fingerprint density at radius 3 is 2.47 bits per heavy atom. The quantitative estimate of drug-likeness (QED) is 0.597. The van der Waals surface area contributed by atoms with Gasteiger partial charge in [-0.2, -0.15) is 5.10 Å². The highest BCUT2D eigenvalue weighted by atomic mass is 16.6. The van der Waals surface area contributed by atoms with E-state index in [2.05, 4.69) is 15.1 Å². The van der Waals surface area contributed by atoms with E-state index in [0.717, 1.165) is 23.3 Å². The predicted octanol–water partition coefficient (Wildman–Crippen LogP) is 0.269. The van der Waals surface area contributed by atoms with E-state index in [1.165, 1.54) is 6.20 Å². The zero-order chi connectivity index (χ0) is 12.4. The molecule has 1 N–H and O–H groups in total. The Bertz CT molecular complexity index is 576. The Balaban J connectivity index is 2.33. The lowest BCUT2D eigenvalue weighted by molar-refractivity contribution is -0.385. The number of nitrogens with zero attached hydrogens (tertiary/aromatic N) is 5. The summed E-state index contributed by atoms with van der Waals surface area (Å²) in [5, 5.41) is 22.8. The molecule has 0 bridgehead atoms. The van der Waals surface area contributed by atoms with Crippen LogP contribution < -0.4 is 0 Å². The van der Waals surface area contributed by atoms with E-state index in [-0.39, 0.29) is 17.2 Å². The van der Waals surface area contributed by atoms with Crippen LogP contribution in [0.2, 0.25) is 0 Å². The second kappa shape index (κ2) is 3.96. The molecule has 0 atom stereocenters. The average Bonchev–Trinajstić information content (AvgIpc) is 2.78. The van der Waals surface area contributed by atoms with E-state index in [9.17, 15) is 14.9 Å². The van der Waals surface area contributed by atoms with Crippen molar-refractivity contribution in [2.75, 3.05) is 0 Å². The van der Waals surface area contributed by atoms with Crippen molar-refractivity contribution >= 4 is 11.7 Å². The standard InChI is InChI=1S/C8H5N5O4/c14-7(15)5-1-11-12(4-5)8-9-2-6(3-10-8)13(16)17/h1-4H,(H,14,15). The number of carboxylic acids is 1. The van der Waals surface area contributed by atoms with Gasteiger partial charge in [-0.25, -0.2) is 19.4 Å². The predicted molar refractivity (Wildman–Crippen MR) is 52.8 cm³/mol. The van der Waals surface area contributed by atoms with Crippen LogP contribution in [-0.4, -0.2) is 35.7 Å². The summed E-state index contributed by atoms with van der Waals surface area (Å²) in [6.07, 6.45) is 4.38. The van der Waals surface area contributed by atoms with Crippen LogP contribution in [0.15, 0.2) is 24.8 Å². The molecular formula is C8H5N5O4. The zero-order valence-electron chi connectivity index (χ0n) is 8.22. The van der Waals surface area contributed by atoms with Crippen LogP contribution in [-0.2, 0) is 0 Å². The summed E-state index contributed by atoms with van der Waals surface area (Å²) in [6, 6.07) is 0. The summed E-state index contributed by atoms with van der Waals surface area (Å²) in [5.74, 6) is -1.07. The first-order chi connectivity index (χ1) is 8.08. The van der Waals surface area contributed by atoms with Gasteiger partial charge >= 0.3 is 11.7 Å². The van der Waals surface area contributed by atoms with E-state index in [0.29, 0.717) is 0 Å². The third-order valence-corrected chi connectivity index (χ3v) is 1.87. The number of nitro groups is 1. The molecular weight excluding hydrogens is 230 g/mol. The van der Waals surface area contributed by atoms with Crippen LogP contribution in [0.3, 0.4) is 0 Å². The van der Waals surface area contributed by atoms with E-state index in [1.807, 2.05) is 0 Å². The van der Waals surface area contributed by atoms with Gasteiger partial charge in [-0.15, -0.1) is 0 Å². The van der Waals surface area contributed by atoms with Gasteiger partial charge in [0, 0.05) is 6.20 Å². The first-order valence-electron chi connectivity index (χ1n) is 4.32. The molecule has 2 heterocycles. The summed E-state index contributed by atoms with van der Waals surface area (Å²) >= 11 is 0. The van der Waals surface area contributed by atoms with E-state index < -0.39 is 10.9 Å². The first kappa shape index (κ1) is 10.7. The topological polar surface area (TPSA) is 124 Å². The number of aromatic nitrogens is 4. The summed E-state index contributed by atoms with van der Waals surface area (Å²) in [5.41, 5.74) is -0.272. The molecule has 0 radical (unpaired) electrons. The second-order valence-corrected chi connectivity index (χ2v) is 2.98. The normalized spacial score (nSPS) is 10.1. The molecule has 0 spiro atoms. The van der Waals surface area contributed by atoms with Crippen molar-refractivity contribution in [1.82, 2.24) is 19.7 Å². The third kappa shape index (κ3) is 2.07. The van der Waals surface area contributed by atoms with Crippen LogP contribution in [0.1, 0.15) is 10.4 Å². The molecule has 0 aliphatic carbocycles. The van der Waals surface area contributed by atoms with Gasteiger partial charge < -0.3 is 5.11 Å². The maximum absolute atomic E-state index is 10.6. The summed E-state index contributed by atoms with van der Waals surface area (Å²) in [7, 11) is 0. The highest BCUT2D eigenvalue weighted by Crippen LogP contribution is 2.08. The molecule has 9 heteroatoms. The van der Waals surface area contributed by atoms with E-state index >= 15 is 0 Å². The van der Waals surface area contributed by atoms with Crippen molar-refractivity contribution in [2.24, 2.45) is 0 Å². The van der Waals surface area contributed by atoms with E-state index in [4.69, 9.17) is 5.11 Å². The average molecular weight is 235 g/mol. The van der Waals surface area contributed by atoms with Gasteiger partial charge in [0.25, 0.3) is 5.95 Å². The van der Waals surface area contributed by atoms with Crippen LogP contribution >= 0.6 is 0 Å². The zero-order valence-corrected chi connectivity index (χ0v) is 8.22. The second-order valence-electron chi connectivity index (χ2n) is 2.98.